The quantitative estimate of drug-likeness (QED) is 0.238. The average Bonchev–Trinajstić information content (AvgIpc) is 2.62. The molecule has 0 spiro atoms. The molecular weight excluding hydrogens is 336 g/mol. The molecule has 2 amide bonds. The minimum atomic E-state index is -0.555. The summed E-state index contributed by atoms with van der Waals surface area (Å²) in [6.07, 6.45) is 21.3. The Balaban J connectivity index is 3.45. The van der Waals surface area contributed by atoms with E-state index in [1.165, 1.54) is 70.6 Å². The first kappa shape index (κ1) is 25.7. The highest BCUT2D eigenvalue weighted by Gasteiger charge is 2.20. The van der Waals surface area contributed by atoms with Gasteiger partial charge in [-0.3, -0.25) is 9.59 Å². The largest absolute Gasteiger partial charge is 0.368 e. The number of allylic oxidation sites excluding steroid dienone is 2. The molecule has 4 heteroatoms. The zero-order chi connectivity index (χ0) is 20.3. The van der Waals surface area contributed by atoms with Crippen LogP contribution in [-0.4, -0.2) is 17.9 Å². The Hall–Kier alpha value is -1.32. The lowest BCUT2D eigenvalue weighted by Gasteiger charge is -2.18. The Morgan fingerprint density at radius 1 is 0.815 bits per heavy atom. The highest BCUT2D eigenvalue weighted by Crippen LogP contribution is 2.10. The van der Waals surface area contributed by atoms with Crippen molar-refractivity contribution < 1.29 is 9.59 Å². The van der Waals surface area contributed by atoms with Crippen molar-refractivity contribution in [2.45, 2.75) is 117 Å². The summed E-state index contributed by atoms with van der Waals surface area (Å²) < 4.78 is 0. The van der Waals surface area contributed by atoms with E-state index in [-0.39, 0.29) is 11.8 Å². The number of amides is 2. The molecule has 0 fully saturated rings. The van der Waals surface area contributed by atoms with Crippen LogP contribution in [0.2, 0.25) is 0 Å². The second-order valence-electron chi connectivity index (χ2n) is 8.03. The molecule has 0 radical (unpaired) electrons. The number of hydrogen-bond acceptors (Lipinski definition) is 2. The first-order valence-corrected chi connectivity index (χ1v) is 11.2. The van der Waals surface area contributed by atoms with Gasteiger partial charge in [0.2, 0.25) is 11.8 Å². The Morgan fingerprint density at radius 3 is 1.78 bits per heavy atom. The minimum Gasteiger partial charge on any atom is -0.368 e. The zero-order valence-corrected chi connectivity index (χ0v) is 18.1. The van der Waals surface area contributed by atoms with Crippen molar-refractivity contribution in [1.82, 2.24) is 5.32 Å². The number of carbonyl (C=O) groups excluding carboxylic acids is 2. The van der Waals surface area contributed by atoms with Gasteiger partial charge in [0.25, 0.3) is 0 Å². The number of rotatable bonds is 18. The lowest BCUT2D eigenvalue weighted by atomic mass is 10.0. The highest BCUT2D eigenvalue weighted by atomic mass is 16.2. The van der Waals surface area contributed by atoms with Gasteiger partial charge in [-0.05, 0) is 38.0 Å². The van der Waals surface area contributed by atoms with Gasteiger partial charge >= 0.3 is 0 Å². The molecule has 4 nitrogen and oxygen atoms in total. The molecule has 0 aliphatic carbocycles. The predicted molar refractivity (Wildman–Crippen MR) is 115 cm³/mol. The highest BCUT2D eigenvalue weighted by molar-refractivity contribution is 5.86. The molecule has 3 N–H and O–H groups in total. The fourth-order valence-electron chi connectivity index (χ4n) is 3.17. The van der Waals surface area contributed by atoms with E-state index in [0.717, 1.165) is 12.8 Å². The van der Waals surface area contributed by atoms with Crippen LogP contribution >= 0.6 is 0 Å². The van der Waals surface area contributed by atoms with E-state index in [2.05, 4.69) is 24.4 Å². The lowest BCUT2D eigenvalue weighted by molar-refractivity contribution is -0.128. The molecule has 0 aromatic heterocycles. The van der Waals surface area contributed by atoms with Crippen molar-refractivity contribution in [1.29, 1.82) is 0 Å². The van der Waals surface area contributed by atoms with Crippen LogP contribution in [0.4, 0.5) is 0 Å². The van der Waals surface area contributed by atoms with E-state index in [1.807, 2.05) is 13.8 Å². The van der Waals surface area contributed by atoms with Crippen LogP contribution in [0.5, 0.6) is 0 Å². The minimum absolute atomic E-state index is 0.0283. The first-order chi connectivity index (χ1) is 13.0. The van der Waals surface area contributed by atoms with Crippen LogP contribution in [0.1, 0.15) is 111 Å². The zero-order valence-electron chi connectivity index (χ0n) is 18.1. The number of nitrogens with one attached hydrogen (secondary N) is 1. The summed E-state index contributed by atoms with van der Waals surface area (Å²) in [5.41, 5.74) is 5.31. The number of hydrogen-bond donors (Lipinski definition) is 2. The summed E-state index contributed by atoms with van der Waals surface area (Å²) in [6.45, 7) is 6.03. The molecule has 0 bridgehead atoms. The maximum absolute atomic E-state index is 11.9. The second kappa shape index (κ2) is 18.1. The summed E-state index contributed by atoms with van der Waals surface area (Å²) in [5, 5.41) is 2.74. The summed E-state index contributed by atoms with van der Waals surface area (Å²) in [7, 11) is 0. The maximum Gasteiger partial charge on any atom is 0.240 e. The fraction of sp³-hybridized carbons (Fsp3) is 0.826. The van der Waals surface area contributed by atoms with Crippen molar-refractivity contribution in [2.75, 3.05) is 0 Å². The molecule has 0 aromatic rings. The van der Waals surface area contributed by atoms with Crippen LogP contribution < -0.4 is 11.1 Å². The molecule has 158 valence electrons. The van der Waals surface area contributed by atoms with Gasteiger partial charge in [0.05, 0.1) is 0 Å². The van der Waals surface area contributed by atoms with Gasteiger partial charge in [-0.2, -0.15) is 0 Å². The molecule has 0 aromatic carbocycles. The van der Waals surface area contributed by atoms with Crippen LogP contribution in [0.25, 0.3) is 0 Å². The Bertz CT molecular complexity index is 405. The van der Waals surface area contributed by atoms with Crippen LogP contribution in [0, 0.1) is 5.92 Å². The van der Waals surface area contributed by atoms with Gasteiger partial charge < -0.3 is 11.1 Å². The standard InChI is InChI=1S/C23H44N2O2/c1-4-5-6-7-8-9-10-11-12-13-14-15-16-17-18-19-21(26)25-22(20(2)3)23(24)27/h11-12,20,22H,4-10,13-19H2,1-3H3,(H2,24,27)(H,25,26)/b12-11-/t22-/m0/s1. The van der Waals surface area contributed by atoms with Gasteiger partial charge in [0.15, 0.2) is 0 Å². The Morgan fingerprint density at radius 2 is 1.30 bits per heavy atom. The number of primary amides is 1. The Labute approximate surface area is 167 Å². The third-order valence-electron chi connectivity index (χ3n) is 4.96. The van der Waals surface area contributed by atoms with Crippen molar-refractivity contribution in [2.24, 2.45) is 11.7 Å². The molecule has 0 heterocycles. The first-order valence-electron chi connectivity index (χ1n) is 11.2. The lowest BCUT2D eigenvalue weighted by Crippen LogP contribution is -2.47. The van der Waals surface area contributed by atoms with Gasteiger partial charge in [-0.1, -0.05) is 84.3 Å². The summed E-state index contributed by atoms with van der Waals surface area (Å²) in [4.78, 5) is 23.2. The second-order valence-corrected chi connectivity index (χ2v) is 8.03. The maximum atomic E-state index is 11.9. The molecular formula is C23H44N2O2. The van der Waals surface area contributed by atoms with Crippen molar-refractivity contribution in [3.8, 4) is 0 Å². The molecule has 1 atom stereocenters. The summed E-state index contributed by atoms with van der Waals surface area (Å²) in [6, 6.07) is -0.555. The predicted octanol–water partition coefficient (Wildman–Crippen LogP) is 5.65. The smallest absolute Gasteiger partial charge is 0.240 e. The van der Waals surface area contributed by atoms with Crippen molar-refractivity contribution in [3.05, 3.63) is 12.2 Å². The molecule has 0 saturated heterocycles. The number of carbonyl (C=O) groups is 2. The SMILES string of the molecule is CCCCCCCC/C=C\CCCCCCCC(=O)N[C@H](C(N)=O)C(C)C. The topological polar surface area (TPSA) is 72.2 Å². The van der Waals surface area contributed by atoms with Gasteiger partial charge in [-0.25, -0.2) is 0 Å². The molecule has 0 saturated carbocycles. The number of unbranched alkanes of at least 4 members (excludes halogenated alkanes) is 11. The summed E-state index contributed by atoms with van der Waals surface area (Å²) >= 11 is 0. The molecule has 0 aliphatic rings. The molecule has 27 heavy (non-hydrogen) atoms. The van der Waals surface area contributed by atoms with E-state index >= 15 is 0 Å². The van der Waals surface area contributed by atoms with E-state index in [9.17, 15) is 9.59 Å². The van der Waals surface area contributed by atoms with Gasteiger partial charge in [0.1, 0.15) is 6.04 Å². The fourth-order valence-corrected chi connectivity index (χ4v) is 3.17. The summed E-state index contributed by atoms with van der Waals surface area (Å²) in [5.74, 6) is -0.492. The van der Waals surface area contributed by atoms with Crippen LogP contribution in [-0.2, 0) is 9.59 Å². The van der Waals surface area contributed by atoms with E-state index in [4.69, 9.17) is 5.73 Å². The Kier molecular flexibility index (Phi) is 17.2. The number of nitrogens with two attached hydrogens (primary N) is 1. The monoisotopic (exact) mass is 380 g/mol. The van der Waals surface area contributed by atoms with Crippen molar-refractivity contribution >= 4 is 11.8 Å². The third kappa shape index (κ3) is 16.6. The molecule has 0 aliphatic heterocycles. The average molecular weight is 381 g/mol. The van der Waals surface area contributed by atoms with Crippen LogP contribution in [0.15, 0.2) is 12.2 Å². The third-order valence-corrected chi connectivity index (χ3v) is 4.96. The molecule has 0 unspecified atom stereocenters. The van der Waals surface area contributed by atoms with E-state index in [0.29, 0.717) is 6.42 Å². The van der Waals surface area contributed by atoms with Gasteiger partial charge in [-0.15, -0.1) is 0 Å². The van der Waals surface area contributed by atoms with Gasteiger partial charge in [0, 0.05) is 6.42 Å². The van der Waals surface area contributed by atoms with E-state index < -0.39 is 11.9 Å². The normalized spacial score (nSPS) is 12.6. The van der Waals surface area contributed by atoms with E-state index in [1.54, 1.807) is 0 Å². The van der Waals surface area contributed by atoms with Crippen LogP contribution in [0.3, 0.4) is 0 Å². The molecule has 0 rings (SSSR count). The van der Waals surface area contributed by atoms with Crippen molar-refractivity contribution in [3.63, 3.8) is 0 Å².